The Morgan fingerprint density at radius 3 is 1.82 bits per heavy atom. The smallest absolute Gasteiger partial charge is 0.143 e. The molecule has 0 N–H and O–H groups in total. The van der Waals surface area contributed by atoms with Gasteiger partial charge < -0.3 is 13.7 Å². The molecule has 0 saturated carbocycles. The lowest BCUT2D eigenvalue weighted by Crippen LogP contribution is -2.11. The zero-order valence-electron chi connectivity index (χ0n) is 26.5. The lowest BCUT2D eigenvalue weighted by molar-refractivity contribution is 0.669. The molecule has 0 aliphatic rings. The van der Waals surface area contributed by atoms with Crippen LogP contribution in [-0.2, 0) is 0 Å². The average Bonchev–Trinajstić information content (AvgIpc) is 3.74. The molecule has 3 nitrogen and oxygen atoms in total. The van der Waals surface area contributed by atoms with Crippen LogP contribution in [0.3, 0.4) is 0 Å². The predicted molar refractivity (Wildman–Crippen MR) is 204 cm³/mol. The summed E-state index contributed by atoms with van der Waals surface area (Å²) in [4.78, 5) is 2.37. The summed E-state index contributed by atoms with van der Waals surface area (Å²) in [5.74, 6) is 0. The Morgan fingerprint density at radius 1 is 0.347 bits per heavy atom. The number of hydrogen-bond donors (Lipinski definition) is 0. The van der Waals surface area contributed by atoms with Crippen molar-refractivity contribution in [1.29, 1.82) is 0 Å². The third-order valence-electron chi connectivity index (χ3n) is 9.66. The van der Waals surface area contributed by atoms with Gasteiger partial charge in [0.1, 0.15) is 22.3 Å². The quantitative estimate of drug-likeness (QED) is 0.190. The van der Waals surface area contributed by atoms with Crippen molar-refractivity contribution in [2.24, 2.45) is 0 Å². The molecule has 0 bridgehead atoms. The molecule has 0 spiro atoms. The summed E-state index contributed by atoms with van der Waals surface area (Å²) in [6.07, 6.45) is 0. The van der Waals surface area contributed by atoms with E-state index in [1.54, 1.807) is 0 Å². The molecular formula is C46H29NO2. The van der Waals surface area contributed by atoms with Gasteiger partial charge in [-0.25, -0.2) is 0 Å². The number of hydrogen-bond acceptors (Lipinski definition) is 3. The van der Waals surface area contributed by atoms with Crippen molar-refractivity contribution in [3.63, 3.8) is 0 Å². The lowest BCUT2D eigenvalue weighted by atomic mass is 9.98. The van der Waals surface area contributed by atoms with E-state index in [4.69, 9.17) is 8.83 Å². The SMILES string of the molecule is c1ccc(N(c2ccc(-c3cccc4c3oc3ccccc34)cc2)c2ccc3ccccc3c2)c(-c2ccc3oc4ccccc4c3c2)c1. The van der Waals surface area contributed by atoms with Gasteiger partial charge in [0, 0.05) is 44.0 Å². The minimum absolute atomic E-state index is 0.892. The van der Waals surface area contributed by atoms with Crippen LogP contribution in [0, 0.1) is 0 Å². The first-order chi connectivity index (χ1) is 24.3. The predicted octanol–water partition coefficient (Wildman–Crippen LogP) is 13.4. The van der Waals surface area contributed by atoms with Gasteiger partial charge in [-0.2, -0.15) is 0 Å². The second-order valence-electron chi connectivity index (χ2n) is 12.5. The Hall–Kier alpha value is -6.58. The summed E-state index contributed by atoms with van der Waals surface area (Å²) < 4.78 is 12.6. The van der Waals surface area contributed by atoms with Crippen LogP contribution < -0.4 is 4.90 Å². The Labute approximate surface area is 282 Å². The van der Waals surface area contributed by atoms with Crippen LogP contribution in [0.1, 0.15) is 0 Å². The maximum absolute atomic E-state index is 6.39. The first-order valence-electron chi connectivity index (χ1n) is 16.6. The number of benzene rings is 8. The summed E-state index contributed by atoms with van der Waals surface area (Å²) in [7, 11) is 0. The normalized spacial score (nSPS) is 11.7. The fourth-order valence-corrected chi connectivity index (χ4v) is 7.31. The number of fused-ring (bicyclic) bond motifs is 7. The standard InChI is InChI=1S/C46H29NO2/c1-2-11-32-28-35(26-20-30(32)10-1)47(34-24-21-31(22-25-34)37-15-9-16-40-38-13-4-8-19-44(38)49-46(37)40)42-17-6-3-12-36(42)33-23-27-45-41(29-33)39-14-5-7-18-43(39)48-45/h1-29H. The molecule has 2 heterocycles. The maximum atomic E-state index is 6.39. The minimum Gasteiger partial charge on any atom is -0.456 e. The van der Waals surface area contributed by atoms with Gasteiger partial charge in [0.25, 0.3) is 0 Å². The highest BCUT2D eigenvalue weighted by Crippen LogP contribution is 2.44. The molecule has 3 heteroatoms. The number of nitrogens with zero attached hydrogens (tertiary/aromatic N) is 1. The van der Waals surface area contributed by atoms with Crippen LogP contribution in [-0.4, -0.2) is 0 Å². The molecule has 49 heavy (non-hydrogen) atoms. The van der Waals surface area contributed by atoms with Crippen molar-refractivity contribution >= 4 is 71.7 Å². The molecule has 0 atom stereocenters. The number of para-hydroxylation sites is 4. The fourth-order valence-electron chi connectivity index (χ4n) is 7.31. The Bertz CT molecular complexity index is 2840. The third kappa shape index (κ3) is 4.51. The summed E-state index contributed by atoms with van der Waals surface area (Å²) in [6.45, 7) is 0. The van der Waals surface area contributed by atoms with E-state index >= 15 is 0 Å². The highest BCUT2D eigenvalue weighted by Gasteiger charge is 2.19. The van der Waals surface area contributed by atoms with Crippen LogP contribution in [0.4, 0.5) is 17.1 Å². The van der Waals surface area contributed by atoms with Gasteiger partial charge in [-0.05, 0) is 76.5 Å². The van der Waals surface area contributed by atoms with E-state index in [0.29, 0.717) is 0 Å². The second kappa shape index (κ2) is 11.0. The molecule has 0 aliphatic heterocycles. The summed E-state index contributed by atoms with van der Waals surface area (Å²) in [5, 5.41) is 6.92. The summed E-state index contributed by atoms with van der Waals surface area (Å²) >= 11 is 0. The first kappa shape index (κ1) is 27.5. The van der Waals surface area contributed by atoms with E-state index in [1.807, 2.05) is 24.3 Å². The van der Waals surface area contributed by atoms with Crippen molar-refractivity contribution in [2.75, 3.05) is 4.90 Å². The molecule has 0 fully saturated rings. The molecule has 230 valence electrons. The molecule has 2 aromatic heterocycles. The fraction of sp³-hybridized carbons (Fsp3) is 0. The molecule has 10 aromatic rings. The molecule has 8 aromatic carbocycles. The average molecular weight is 628 g/mol. The van der Waals surface area contributed by atoms with E-state index in [1.165, 1.54) is 10.8 Å². The highest BCUT2D eigenvalue weighted by atomic mass is 16.3. The van der Waals surface area contributed by atoms with Crippen LogP contribution in [0.25, 0.3) is 76.9 Å². The van der Waals surface area contributed by atoms with Crippen molar-refractivity contribution in [1.82, 2.24) is 0 Å². The van der Waals surface area contributed by atoms with E-state index in [2.05, 4.69) is 157 Å². The van der Waals surface area contributed by atoms with Crippen LogP contribution >= 0.6 is 0 Å². The number of rotatable bonds is 5. The topological polar surface area (TPSA) is 29.5 Å². The van der Waals surface area contributed by atoms with Crippen molar-refractivity contribution < 1.29 is 8.83 Å². The van der Waals surface area contributed by atoms with Gasteiger partial charge in [-0.3, -0.25) is 0 Å². The van der Waals surface area contributed by atoms with E-state index < -0.39 is 0 Å². The Morgan fingerprint density at radius 2 is 0.959 bits per heavy atom. The van der Waals surface area contributed by atoms with Gasteiger partial charge in [0.05, 0.1) is 5.69 Å². The monoisotopic (exact) mass is 627 g/mol. The molecule has 0 amide bonds. The minimum atomic E-state index is 0.892. The summed E-state index contributed by atoms with van der Waals surface area (Å²) in [5.41, 5.74) is 11.3. The van der Waals surface area contributed by atoms with Gasteiger partial charge >= 0.3 is 0 Å². The number of anilines is 3. The maximum Gasteiger partial charge on any atom is 0.143 e. The van der Waals surface area contributed by atoms with Gasteiger partial charge in [0.15, 0.2) is 0 Å². The van der Waals surface area contributed by atoms with Crippen LogP contribution in [0.5, 0.6) is 0 Å². The van der Waals surface area contributed by atoms with Crippen molar-refractivity contribution in [3.05, 3.63) is 176 Å². The van der Waals surface area contributed by atoms with Crippen molar-refractivity contribution in [2.45, 2.75) is 0 Å². The lowest BCUT2D eigenvalue weighted by Gasteiger charge is -2.28. The molecular weight excluding hydrogens is 599 g/mol. The molecule has 0 radical (unpaired) electrons. The molecule has 0 unspecified atom stereocenters. The Kier molecular flexibility index (Phi) is 6.18. The second-order valence-corrected chi connectivity index (χ2v) is 12.5. The van der Waals surface area contributed by atoms with E-state index in [0.717, 1.165) is 83.2 Å². The molecule has 0 saturated heterocycles. The first-order valence-corrected chi connectivity index (χ1v) is 16.6. The molecule has 10 rings (SSSR count). The van der Waals surface area contributed by atoms with Crippen LogP contribution in [0.2, 0.25) is 0 Å². The van der Waals surface area contributed by atoms with E-state index in [-0.39, 0.29) is 0 Å². The van der Waals surface area contributed by atoms with E-state index in [9.17, 15) is 0 Å². The third-order valence-corrected chi connectivity index (χ3v) is 9.66. The zero-order chi connectivity index (χ0) is 32.3. The largest absolute Gasteiger partial charge is 0.456 e. The highest BCUT2D eigenvalue weighted by molar-refractivity contribution is 6.10. The van der Waals surface area contributed by atoms with Crippen molar-refractivity contribution in [3.8, 4) is 22.3 Å². The van der Waals surface area contributed by atoms with Gasteiger partial charge in [-0.15, -0.1) is 0 Å². The van der Waals surface area contributed by atoms with Crippen LogP contribution in [0.15, 0.2) is 185 Å². The molecule has 0 aliphatic carbocycles. The number of furan rings is 2. The Balaban J connectivity index is 1.14. The zero-order valence-corrected chi connectivity index (χ0v) is 26.5. The van der Waals surface area contributed by atoms with Gasteiger partial charge in [0.2, 0.25) is 0 Å². The van der Waals surface area contributed by atoms with Gasteiger partial charge in [-0.1, -0.05) is 121 Å². The summed E-state index contributed by atoms with van der Waals surface area (Å²) in [6, 6.07) is 62.2.